The van der Waals surface area contributed by atoms with Gasteiger partial charge < -0.3 is 5.32 Å². The van der Waals surface area contributed by atoms with Crippen LogP contribution in [0.2, 0.25) is 5.02 Å². The number of piperidine rings is 1. The van der Waals surface area contributed by atoms with Gasteiger partial charge in [0.2, 0.25) is 0 Å². The first-order valence-corrected chi connectivity index (χ1v) is 6.44. The Labute approximate surface area is 112 Å². The summed E-state index contributed by atoms with van der Waals surface area (Å²) in [5.74, 6) is 2.35. The molecular formula is C14H16ClFN2. The van der Waals surface area contributed by atoms with Gasteiger partial charge in [-0.15, -0.1) is 6.42 Å². The smallest absolute Gasteiger partial charge is 0.124 e. The van der Waals surface area contributed by atoms with Crippen molar-refractivity contribution < 1.29 is 4.39 Å². The van der Waals surface area contributed by atoms with Crippen LogP contribution in [0.4, 0.5) is 10.1 Å². The Balaban J connectivity index is 1.90. The van der Waals surface area contributed by atoms with Crippen LogP contribution in [0, 0.1) is 18.2 Å². The average Bonchev–Trinajstić information content (AvgIpc) is 2.35. The predicted octanol–water partition coefficient (Wildman–Crippen LogP) is 2.99. The topological polar surface area (TPSA) is 15.3 Å². The van der Waals surface area contributed by atoms with Crippen LogP contribution in [0.15, 0.2) is 18.2 Å². The van der Waals surface area contributed by atoms with Crippen LogP contribution in [0.25, 0.3) is 0 Å². The lowest BCUT2D eigenvalue weighted by molar-refractivity contribution is 0.243. The van der Waals surface area contributed by atoms with Crippen molar-refractivity contribution in [2.75, 3.05) is 25.0 Å². The second-order valence-electron chi connectivity index (χ2n) is 4.52. The number of hydrogen-bond donors (Lipinski definition) is 1. The summed E-state index contributed by atoms with van der Waals surface area (Å²) in [5.41, 5.74) is 0.800. The highest BCUT2D eigenvalue weighted by Crippen LogP contribution is 2.25. The zero-order valence-electron chi connectivity index (χ0n) is 10.1. The van der Waals surface area contributed by atoms with Gasteiger partial charge in [-0.25, -0.2) is 4.39 Å². The third-order valence-corrected chi connectivity index (χ3v) is 3.51. The number of benzene rings is 1. The number of terminal acetylenes is 1. The quantitative estimate of drug-likeness (QED) is 0.846. The Bertz CT molecular complexity index is 448. The molecule has 0 amide bonds. The fraction of sp³-hybridized carbons (Fsp3) is 0.429. The molecule has 1 aromatic carbocycles. The maximum Gasteiger partial charge on any atom is 0.124 e. The summed E-state index contributed by atoms with van der Waals surface area (Å²) in [6, 6.07) is 4.81. The number of nitrogens with zero attached hydrogens (tertiary/aromatic N) is 1. The second-order valence-corrected chi connectivity index (χ2v) is 4.93. The van der Waals surface area contributed by atoms with Crippen LogP contribution in [0.5, 0.6) is 0 Å². The molecule has 1 N–H and O–H groups in total. The lowest BCUT2D eigenvalue weighted by atomic mass is 10.0. The zero-order valence-corrected chi connectivity index (χ0v) is 10.9. The summed E-state index contributed by atoms with van der Waals surface area (Å²) < 4.78 is 12.9. The van der Waals surface area contributed by atoms with Crippen LogP contribution >= 0.6 is 11.6 Å². The normalized spacial score (nSPS) is 17.4. The molecule has 0 bridgehead atoms. The number of halogens is 2. The van der Waals surface area contributed by atoms with Crippen LogP contribution in [0.1, 0.15) is 12.8 Å². The number of anilines is 1. The molecule has 0 spiro atoms. The molecule has 0 aromatic heterocycles. The van der Waals surface area contributed by atoms with Crippen LogP contribution in [-0.2, 0) is 0 Å². The highest BCUT2D eigenvalue weighted by molar-refractivity contribution is 6.33. The molecule has 1 saturated heterocycles. The highest BCUT2D eigenvalue weighted by atomic mass is 35.5. The van der Waals surface area contributed by atoms with Gasteiger partial charge in [-0.2, -0.15) is 0 Å². The molecule has 0 aliphatic carbocycles. The maximum absolute atomic E-state index is 12.9. The van der Waals surface area contributed by atoms with E-state index in [1.807, 2.05) is 0 Å². The molecule has 4 heteroatoms. The number of likely N-dealkylation sites (tertiary alicyclic amines) is 1. The third kappa shape index (κ3) is 3.38. The molecule has 1 heterocycles. The van der Waals surface area contributed by atoms with Crippen molar-refractivity contribution in [3.63, 3.8) is 0 Å². The average molecular weight is 267 g/mol. The predicted molar refractivity (Wildman–Crippen MR) is 73.3 cm³/mol. The minimum atomic E-state index is -0.311. The Morgan fingerprint density at radius 2 is 2.17 bits per heavy atom. The van der Waals surface area contributed by atoms with Crippen molar-refractivity contribution in [2.24, 2.45) is 0 Å². The molecule has 1 aromatic rings. The van der Waals surface area contributed by atoms with Gasteiger partial charge >= 0.3 is 0 Å². The lowest BCUT2D eigenvalue weighted by Crippen LogP contribution is -2.39. The van der Waals surface area contributed by atoms with Crippen molar-refractivity contribution in [1.82, 2.24) is 4.90 Å². The van der Waals surface area contributed by atoms with Gasteiger partial charge in [0.15, 0.2) is 0 Å². The van der Waals surface area contributed by atoms with Gasteiger partial charge in [-0.3, -0.25) is 4.90 Å². The van der Waals surface area contributed by atoms with Crippen molar-refractivity contribution in [1.29, 1.82) is 0 Å². The Morgan fingerprint density at radius 1 is 1.44 bits per heavy atom. The molecule has 18 heavy (non-hydrogen) atoms. The first-order valence-electron chi connectivity index (χ1n) is 6.06. The summed E-state index contributed by atoms with van der Waals surface area (Å²) in [6.45, 7) is 2.69. The van der Waals surface area contributed by atoms with Gasteiger partial charge in [0.05, 0.1) is 17.3 Å². The molecule has 1 aliphatic heterocycles. The van der Waals surface area contributed by atoms with Crippen LogP contribution in [0.3, 0.4) is 0 Å². The fourth-order valence-corrected chi connectivity index (χ4v) is 2.41. The summed E-state index contributed by atoms with van der Waals surface area (Å²) in [4.78, 5) is 2.25. The Hall–Kier alpha value is -1.24. The monoisotopic (exact) mass is 266 g/mol. The minimum absolute atomic E-state index is 0.311. The van der Waals surface area contributed by atoms with Gasteiger partial charge in [-0.1, -0.05) is 17.5 Å². The molecule has 96 valence electrons. The molecule has 0 atom stereocenters. The van der Waals surface area contributed by atoms with E-state index in [0.717, 1.165) is 31.6 Å². The van der Waals surface area contributed by atoms with Crippen molar-refractivity contribution in [3.8, 4) is 12.3 Å². The van der Waals surface area contributed by atoms with E-state index in [1.165, 1.54) is 12.1 Å². The standard InChI is InChI=1S/C14H16ClFN2/c1-2-7-18-8-5-12(6-9-18)17-14-4-3-11(16)10-13(14)15/h1,3-4,10,12,17H,5-9H2. The van der Waals surface area contributed by atoms with E-state index < -0.39 is 0 Å². The van der Waals surface area contributed by atoms with Crippen LogP contribution in [-0.4, -0.2) is 30.6 Å². The van der Waals surface area contributed by atoms with E-state index in [9.17, 15) is 4.39 Å². The fourth-order valence-electron chi connectivity index (χ4n) is 2.19. The van der Waals surface area contributed by atoms with E-state index in [0.29, 0.717) is 17.6 Å². The van der Waals surface area contributed by atoms with E-state index in [2.05, 4.69) is 16.1 Å². The van der Waals surface area contributed by atoms with Gasteiger partial charge in [0.1, 0.15) is 5.82 Å². The molecule has 0 radical (unpaired) electrons. The summed E-state index contributed by atoms with van der Waals surface area (Å²) in [5, 5.41) is 3.79. The molecule has 1 aliphatic rings. The number of rotatable bonds is 3. The van der Waals surface area contributed by atoms with E-state index in [4.69, 9.17) is 18.0 Å². The minimum Gasteiger partial charge on any atom is -0.381 e. The molecule has 2 rings (SSSR count). The molecule has 1 fully saturated rings. The molecule has 0 unspecified atom stereocenters. The van der Waals surface area contributed by atoms with Crippen molar-refractivity contribution >= 4 is 17.3 Å². The van der Waals surface area contributed by atoms with Gasteiger partial charge in [0, 0.05) is 19.1 Å². The Kier molecular flexibility index (Phi) is 4.46. The van der Waals surface area contributed by atoms with Crippen molar-refractivity contribution in [3.05, 3.63) is 29.0 Å². The van der Waals surface area contributed by atoms with Gasteiger partial charge in [0.25, 0.3) is 0 Å². The molecular weight excluding hydrogens is 251 g/mol. The number of nitrogens with one attached hydrogen (secondary N) is 1. The maximum atomic E-state index is 12.9. The summed E-state index contributed by atoms with van der Waals surface area (Å²) in [7, 11) is 0. The van der Waals surface area contributed by atoms with Gasteiger partial charge in [-0.05, 0) is 31.0 Å². The van der Waals surface area contributed by atoms with E-state index in [-0.39, 0.29) is 5.82 Å². The van der Waals surface area contributed by atoms with E-state index in [1.54, 1.807) is 6.07 Å². The zero-order chi connectivity index (χ0) is 13.0. The Morgan fingerprint density at radius 3 is 2.78 bits per heavy atom. The largest absolute Gasteiger partial charge is 0.381 e. The SMILES string of the molecule is C#CCN1CCC(Nc2ccc(F)cc2Cl)CC1. The molecule has 2 nitrogen and oxygen atoms in total. The summed E-state index contributed by atoms with van der Waals surface area (Å²) in [6.07, 6.45) is 7.34. The number of hydrogen-bond acceptors (Lipinski definition) is 2. The highest BCUT2D eigenvalue weighted by Gasteiger charge is 2.18. The van der Waals surface area contributed by atoms with Crippen molar-refractivity contribution in [2.45, 2.75) is 18.9 Å². The lowest BCUT2D eigenvalue weighted by Gasteiger charge is -2.31. The third-order valence-electron chi connectivity index (χ3n) is 3.19. The van der Waals surface area contributed by atoms with E-state index >= 15 is 0 Å². The first-order chi connectivity index (χ1) is 8.69. The molecule has 0 saturated carbocycles. The second kappa shape index (κ2) is 6.08. The van der Waals surface area contributed by atoms with Crippen LogP contribution < -0.4 is 5.32 Å². The summed E-state index contributed by atoms with van der Waals surface area (Å²) >= 11 is 5.99. The first kappa shape index (κ1) is 13.2.